The fraction of sp³-hybridized carbons (Fsp3) is 0.267. The minimum atomic E-state index is -0.307. The van der Waals surface area contributed by atoms with Crippen LogP contribution in [0.4, 0.5) is 0 Å². The normalized spacial score (nSPS) is 11.6. The molecule has 2 aromatic heterocycles. The standard InChI is InChI=1S/C15H13ClO3/c1-6-7(2)15(17)19-11-5-10-13(8(3)12(6)11)9(4)14(16)18-10/h5H,1-4H3. The first-order chi connectivity index (χ1) is 8.91. The van der Waals surface area contributed by atoms with E-state index in [0.717, 1.165) is 27.5 Å². The number of hydrogen-bond donors (Lipinski definition) is 0. The van der Waals surface area contributed by atoms with E-state index < -0.39 is 0 Å². The van der Waals surface area contributed by atoms with Crippen molar-refractivity contribution < 1.29 is 8.83 Å². The Bertz CT molecular complexity index is 884. The smallest absolute Gasteiger partial charge is 0.339 e. The van der Waals surface area contributed by atoms with Crippen LogP contribution in [0.1, 0.15) is 22.3 Å². The molecular formula is C15H13ClO3. The second-order valence-electron chi connectivity index (χ2n) is 4.89. The highest BCUT2D eigenvalue weighted by Crippen LogP contribution is 2.36. The van der Waals surface area contributed by atoms with Gasteiger partial charge in [-0.05, 0) is 50.4 Å². The fourth-order valence-electron chi connectivity index (χ4n) is 2.64. The molecule has 0 aliphatic carbocycles. The van der Waals surface area contributed by atoms with E-state index in [1.807, 2.05) is 20.8 Å². The number of furan rings is 1. The first kappa shape index (κ1) is 12.3. The summed E-state index contributed by atoms with van der Waals surface area (Å²) in [7, 11) is 0. The van der Waals surface area contributed by atoms with E-state index in [2.05, 4.69) is 0 Å². The van der Waals surface area contributed by atoms with Gasteiger partial charge in [0.15, 0.2) is 5.22 Å². The second-order valence-corrected chi connectivity index (χ2v) is 5.23. The van der Waals surface area contributed by atoms with Crippen LogP contribution in [-0.2, 0) is 0 Å². The van der Waals surface area contributed by atoms with E-state index in [9.17, 15) is 4.79 Å². The molecule has 0 saturated heterocycles. The van der Waals surface area contributed by atoms with Crippen molar-refractivity contribution >= 4 is 33.5 Å². The summed E-state index contributed by atoms with van der Waals surface area (Å²) in [6, 6.07) is 1.74. The van der Waals surface area contributed by atoms with Crippen molar-refractivity contribution in [2.24, 2.45) is 0 Å². The van der Waals surface area contributed by atoms with Gasteiger partial charge >= 0.3 is 5.63 Å². The van der Waals surface area contributed by atoms with Crippen LogP contribution in [0.5, 0.6) is 0 Å². The Hall–Kier alpha value is -1.74. The zero-order valence-corrected chi connectivity index (χ0v) is 11.9. The molecule has 2 heterocycles. The molecule has 0 bridgehead atoms. The quantitative estimate of drug-likeness (QED) is 0.571. The molecule has 0 aliphatic heterocycles. The third-order valence-electron chi connectivity index (χ3n) is 3.82. The molecule has 0 saturated carbocycles. The molecule has 3 aromatic rings. The zero-order chi connectivity index (χ0) is 13.9. The molecule has 0 spiro atoms. The highest BCUT2D eigenvalue weighted by Gasteiger charge is 2.17. The molecule has 0 radical (unpaired) electrons. The fourth-order valence-corrected chi connectivity index (χ4v) is 2.82. The first-order valence-corrected chi connectivity index (χ1v) is 6.41. The van der Waals surface area contributed by atoms with Crippen molar-refractivity contribution in [3.63, 3.8) is 0 Å². The van der Waals surface area contributed by atoms with E-state index in [1.165, 1.54) is 0 Å². The molecule has 1 aromatic carbocycles. The summed E-state index contributed by atoms with van der Waals surface area (Å²) in [5.41, 5.74) is 4.43. The lowest BCUT2D eigenvalue weighted by molar-refractivity contribution is 0.552. The maximum atomic E-state index is 11.7. The summed E-state index contributed by atoms with van der Waals surface area (Å²) >= 11 is 6.04. The topological polar surface area (TPSA) is 43.4 Å². The van der Waals surface area contributed by atoms with Gasteiger partial charge in [0.05, 0.1) is 0 Å². The minimum Gasteiger partial charge on any atom is -0.444 e. The van der Waals surface area contributed by atoms with Gasteiger partial charge in [-0.25, -0.2) is 4.79 Å². The number of hydrogen-bond acceptors (Lipinski definition) is 3. The van der Waals surface area contributed by atoms with Crippen molar-refractivity contribution in [1.29, 1.82) is 0 Å². The van der Waals surface area contributed by atoms with Gasteiger partial charge in [0.2, 0.25) is 0 Å². The largest absolute Gasteiger partial charge is 0.444 e. The van der Waals surface area contributed by atoms with Crippen LogP contribution in [0.25, 0.3) is 21.9 Å². The number of aryl methyl sites for hydroxylation is 3. The van der Waals surface area contributed by atoms with Crippen LogP contribution in [0, 0.1) is 27.7 Å². The van der Waals surface area contributed by atoms with E-state index in [1.54, 1.807) is 13.0 Å². The van der Waals surface area contributed by atoms with Gasteiger partial charge < -0.3 is 8.83 Å². The molecule has 0 atom stereocenters. The van der Waals surface area contributed by atoms with Crippen LogP contribution in [0.2, 0.25) is 5.22 Å². The Morgan fingerprint density at radius 3 is 2.11 bits per heavy atom. The van der Waals surface area contributed by atoms with Gasteiger partial charge in [0.1, 0.15) is 11.2 Å². The number of fused-ring (bicyclic) bond motifs is 2. The Morgan fingerprint density at radius 2 is 1.42 bits per heavy atom. The van der Waals surface area contributed by atoms with E-state index in [4.69, 9.17) is 20.4 Å². The number of benzene rings is 1. The van der Waals surface area contributed by atoms with Crippen LogP contribution in [0.15, 0.2) is 19.7 Å². The summed E-state index contributed by atoms with van der Waals surface area (Å²) in [6.07, 6.45) is 0. The van der Waals surface area contributed by atoms with Crippen LogP contribution in [-0.4, -0.2) is 0 Å². The Labute approximate surface area is 114 Å². The van der Waals surface area contributed by atoms with E-state index >= 15 is 0 Å². The number of halogens is 1. The van der Waals surface area contributed by atoms with Gasteiger partial charge in [-0.2, -0.15) is 0 Å². The SMILES string of the molecule is Cc1c(C)c2c(C)c3c(C)c(Cl)oc3cc2oc1=O. The van der Waals surface area contributed by atoms with Gasteiger partial charge in [-0.3, -0.25) is 0 Å². The molecule has 4 heteroatoms. The highest BCUT2D eigenvalue weighted by molar-refractivity contribution is 6.31. The third-order valence-corrected chi connectivity index (χ3v) is 4.18. The summed E-state index contributed by atoms with van der Waals surface area (Å²) in [4.78, 5) is 11.7. The molecule has 3 rings (SSSR count). The van der Waals surface area contributed by atoms with Crippen LogP contribution >= 0.6 is 11.6 Å². The van der Waals surface area contributed by atoms with Gasteiger partial charge in [-0.1, -0.05) is 0 Å². The lowest BCUT2D eigenvalue weighted by Gasteiger charge is -2.08. The van der Waals surface area contributed by atoms with Crippen molar-refractivity contribution in [1.82, 2.24) is 0 Å². The first-order valence-electron chi connectivity index (χ1n) is 6.04. The highest BCUT2D eigenvalue weighted by atomic mass is 35.5. The molecule has 19 heavy (non-hydrogen) atoms. The van der Waals surface area contributed by atoms with Crippen LogP contribution < -0.4 is 5.63 Å². The maximum Gasteiger partial charge on any atom is 0.339 e. The molecule has 0 unspecified atom stereocenters. The van der Waals surface area contributed by atoms with Crippen molar-refractivity contribution in [2.75, 3.05) is 0 Å². The van der Waals surface area contributed by atoms with E-state index in [-0.39, 0.29) is 5.63 Å². The minimum absolute atomic E-state index is 0.307. The van der Waals surface area contributed by atoms with E-state index in [0.29, 0.717) is 21.9 Å². The van der Waals surface area contributed by atoms with Crippen molar-refractivity contribution in [2.45, 2.75) is 27.7 Å². The second kappa shape index (κ2) is 3.87. The van der Waals surface area contributed by atoms with Crippen molar-refractivity contribution in [3.05, 3.63) is 44.0 Å². The molecular weight excluding hydrogens is 264 g/mol. The third kappa shape index (κ3) is 1.55. The summed E-state index contributed by atoms with van der Waals surface area (Å²) in [5, 5.41) is 2.34. The summed E-state index contributed by atoms with van der Waals surface area (Å²) in [6.45, 7) is 7.63. The zero-order valence-electron chi connectivity index (χ0n) is 11.2. The average Bonchev–Trinajstić information content (AvgIpc) is 2.62. The van der Waals surface area contributed by atoms with Gasteiger partial charge in [0, 0.05) is 28.0 Å². The lowest BCUT2D eigenvalue weighted by atomic mass is 9.98. The molecule has 98 valence electrons. The Kier molecular flexibility index (Phi) is 2.51. The molecule has 0 N–H and O–H groups in total. The summed E-state index contributed by atoms with van der Waals surface area (Å²) in [5.74, 6) is 0. The van der Waals surface area contributed by atoms with Crippen LogP contribution in [0.3, 0.4) is 0 Å². The molecule has 0 fully saturated rings. The number of rotatable bonds is 0. The molecule has 0 amide bonds. The molecule has 3 nitrogen and oxygen atoms in total. The predicted octanol–water partition coefficient (Wildman–Crippen LogP) is 4.43. The summed E-state index contributed by atoms with van der Waals surface area (Å²) < 4.78 is 10.9. The predicted molar refractivity (Wildman–Crippen MR) is 76.2 cm³/mol. The molecule has 0 aliphatic rings. The maximum absolute atomic E-state index is 11.7. The van der Waals surface area contributed by atoms with Crippen molar-refractivity contribution in [3.8, 4) is 0 Å². The monoisotopic (exact) mass is 276 g/mol. The average molecular weight is 277 g/mol. The van der Waals surface area contributed by atoms with Gasteiger partial charge in [-0.15, -0.1) is 0 Å². The van der Waals surface area contributed by atoms with Gasteiger partial charge in [0.25, 0.3) is 0 Å². The Balaban J connectivity index is 2.66. The lowest BCUT2D eigenvalue weighted by Crippen LogP contribution is -2.06. The Morgan fingerprint density at radius 1 is 0.842 bits per heavy atom.